The lowest BCUT2D eigenvalue weighted by Gasteiger charge is -2.66. The third kappa shape index (κ3) is 2.40. The minimum Gasteiger partial charge on any atom is -0.501 e. The minimum atomic E-state index is -0.594. The van der Waals surface area contributed by atoms with Crippen LogP contribution in [0.5, 0.6) is 0 Å². The van der Waals surface area contributed by atoms with E-state index in [1.807, 2.05) is 13.0 Å². The Bertz CT molecular complexity index is 903. The highest BCUT2D eigenvalue weighted by atomic mass is 16.5. The Morgan fingerprint density at radius 2 is 1.97 bits per heavy atom. The topological polar surface area (TPSA) is 75.0 Å². The number of ether oxygens (including phenoxy) is 3. The number of hydrogen-bond acceptors (Lipinski definition) is 6. The van der Waals surface area contributed by atoms with Crippen molar-refractivity contribution < 1.29 is 28.2 Å². The summed E-state index contributed by atoms with van der Waals surface area (Å²) in [6, 6.07) is 1.84. The molecule has 6 nitrogen and oxygen atoms in total. The molecule has 0 aromatic carbocycles. The van der Waals surface area contributed by atoms with Gasteiger partial charge in [-0.15, -0.1) is 0 Å². The summed E-state index contributed by atoms with van der Waals surface area (Å²) >= 11 is 0. The van der Waals surface area contributed by atoms with Crippen LogP contribution in [0.2, 0.25) is 0 Å². The van der Waals surface area contributed by atoms with Gasteiger partial charge in [0.05, 0.1) is 43.3 Å². The van der Waals surface area contributed by atoms with Gasteiger partial charge in [-0.25, -0.2) is 0 Å². The van der Waals surface area contributed by atoms with Crippen molar-refractivity contribution in [1.82, 2.24) is 0 Å². The van der Waals surface area contributed by atoms with Crippen LogP contribution in [0.3, 0.4) is 0 Å². The summed E-state index contributed by atoms with van der Waals surface area (Å²) in [4.78, 5) is 27.2. The van der Waals surface area contributed by atoms with Crippen LogP contribution in [-0.2, 0) is 23.8 Å². The zero-order valence-corrected chi connectivity index (χ0v) is 18.1. The quantitative estimate of drug-likeness (QED) is 0.692. The SMILES string of the molecule is COC[C@@]1(C)C[C@H]2C(OC)=C[C@]23CC[C@@H]2C(=O)O[C@H](c4ccoc4)C[C@]2(C)[C@@H]3C1=O. The van der Waals surface area contributed by atoms with Gasteiger partial charge in [-0.05, 0) is 43.2 Å². The molecule has 30 heavy (non-hydrogen) atoms. The number of Topliss-reactive ketones (excluding diaryl/α,β-unsaturated/α-hetero) is 1. The van der Waals surface area contributed by atoms with Gasteiger partial charge in [0.2, 0.25) is 0 Å². The normalized spacial score (nSPS) is 44.7. The van der Waals surface area contributed by atoms with E-state index in [4.69, 9.17) is 18.6 Å². The zero-order chi connectivity index (χ0) is 21.3. The molecule has 5 rings (SSSR count). The van der Waals surface area contributed by atoms with E-state index in [0.29, 0.717) is 13.0 Å². The second-order valence-electron chi connectivity index (χ2n) is 10.2. The first-order valence-corrected chi connectivity index (χ1v) is 10.8. The van der Waals surface area contributed by atoms with Crippen molar-refractivity contribution >= 4 is 11.8 Å². The predicted molar refractivity (Wildman–Crippen MR) is 107 cm³/mol. The Labute approximate surface area is 176 Å². The summed E-state index contributed by atoms with van der Waals surface area (Å²) in [6.07, 6.45) is 7.92. The van der Waals surface area contributed by atoms with Crippen LogP contribution >= 0.6 is 0 Å². The highest BCUT2D eigenvalue weighted by molar-refractivity contribution is 5.92. The molecule has 1 saturated heterocycles. The van der Waals surface area contributed by atoms with Crippen LogP contribution in [-0.4, -0.2) is 32.6 Å². The van der Waals surface area contributed by atoms with Crippen molar-refractivity contribution in [3.8, 4) is 0 Å². The summed E-state index contributed by atoms with van der Waals surface area (Å²) in [7, 11) is 3.35. The van der Waals surface area contributed by atoms with Gasteiger partial charge in [-0.1, -0.05) is 13.8 Å². The number of allylic oxidation sites excluding steroid dienone is 2. The Morgan fingerprint density at radius 1 is 1.17 bits per heavy atom. The number of ketones is 1. The van der Waals surface area contributed by atoms with Crippen molar-refractivity contribution in [3.05, 3.63) is 36.0 Å². The molecule has 1 aromatic heterocycles. The molecule has 2 heterocycles. The average Bonchev–Trinajstić information content (AvgIpc) is 3.23. The lowest BCUT2D eigenvalue weighted by Crippen LogP contribution is -2.67. The van der Waals surface area contributed by atoms with E-state index in [-0.39, 0.29) is 41.0 Å². The highest BCUT2D eigenvalue weighted by Gasteiger charge is 2.72. The van der Waals surface area contributed by atoms with E-state index in [9.17, 15) is 9.59 Å². The summed E-state index contributed by atoms with van der Waals surface area (Å²) in [5, 5.41) is 0. The second-order valence-corrected chi connectivity index (χ2v) is 10.2. The fraction of sp³-hybridized carbons (Fsp3) is 0.667. The lowest BCUT2D eigenvalue weighted by atomic mass is 9.37. The molecule has 0 amide bonds. The molecule has 4 aliphatic rings. The van der Waals surface area contributed by atoms with E-state index in [0.717, 1.165) is 30.6 Å². The monoisotopic (exact) mass is 414 g/mol. The number of esters is 1. The summed E-state index contributed by atoms with van der Waals surface area (Å²) < 4.78 is 22.2. The van der Waals surface area contributed by atoms with Crippen molar-refractivity contribution in [2.75, 3.05) is 20.8 Å². The van der Waals surface area contributed by atoms with Crippen LogP contribution < -0.4 is 0 Å². The van der Waals surface area contributed by atoms with Gasteiger partial charge in [0.15, 0.2) is 0 Å². The standard InChI is InChI=1S/C24H30O6/c1-22(13-27-3)9-16-18(28-4)11-24(16)7-5-15-21(26)30-17(14-6-8-29-12-14)10-23(15,2)19(24)20(22)25/h6,8,11-12,15-17,19H,5,7,9-10,13H2,1-4H3/t15-,16+,17+,19+,22-,23+,24-/m1/s1. The van der Waals surface area contributed by atoms with E-state index in [2.05, 4.69) is 13.0 Å². The fourth-order valence-electron chi connectivity index (χ4n) is 7.19. The van der Waals surface area contributed by atoms with Crippen LogP contribution in [0.25, 0.3) is 0 Å². The van der Waals surface area contributed by atoms with Crippen LogP contribution in [0.1, 0.15) is 51.2 Å². The van der Waals surface area contributed by atoms with E-state index >= 15 is 0 Å². The zero-order valence-electron chi connectivity index (χ0n) is 18.1. The molecule has 0 unspecified atom stereocenters. The number of cyclic esters (lactones) is 1. The summed E-state index contributed by atoms with van der Waals surface area (Å²) in [6.45, 7) is 4.52. The number of carbonyl (C=O) groups is 2. The van der Waals surface area contributed by atoms with Crippen molar-refractivity contribution in [1.29, 1.82) is 0 Å². The predicted octanol–water partition coefficient (Wildman–Crippen LogP) is 4.07. The Hall–Kier alpha value is -2.08. The molecular formula is C24H30O6. The molecule has 3 aliphatic carbocycles. The molecule has 1 spiro atoms. The highest BCUT2D eigenvalue weighted by Crippen LogP contribution is 2.72. The van der Waals surface area contributed by atoms with Crippen LogP contribution in [0.4, 0.5) is 0 Å². The Balaban J connectivity index is 1.61. The minimum absolute atomic E-state index is 0.188. The van der Waals surface area contributed by atoms with Gasteiger partial charge in [-0.3, -0.25) is 9.59 Å². The second kappa shape index (κ2) is 6.46. The number of carbonyl (C=O) groups excluding carboxylic acids is 2. The van der Waals surface area contributed by atoms with Gasteiger partial charge in [0, 0.05) is 29.9 Å². The number of hydrogen-bond donors (Lipinski definition) is 0. The number of methoxy groups -OCH3 is 2. The largest absolute Gasteiger partial charge is 0.501 e. The Morgan fingerprint density at radius 3 is 2.63 bits per heavy atom. The Kier molecular flexibility index (Phi) is 4.27. The molecule has 0 N–H and O–H groups in total. The third-order valence-corrected chi connectivity index (χ3v) is 8.56. The van der Waals surface area contributed by atoms with E-state index in [1.54, 1.807) is 26.7 Å². The van der Waals surface area contributed by atoms with Gasteiger partial charge in [0.1, 0.15) is 11.9 Å². The maximum Gasteiger partial charge on any atom is 0.310 e. The summed E-state index contributed by atoms with van der Waals surface area (Å²) in [5.41, 5.74) is -0.470. The molecule has 1 aromatic rings. The molecule has 0 radical (unpaired) electrons. The molecule has 6 heteroatoms. The van der Waals surface area contributed by atoms with E-state index < -0.39 is 10.8 Å². The maximum atomic E-state index is 14.1. The number of fused-ring (bicyclic) bond motifs is 2. The molecule has 2 saturated carbocycles. The molecule has 162 valence electrons. The maximum absolute atomic E-state index is 14.1. The third-order valence-electron chi connectivity index (χ3n) is 8.56. The smallest absolute Gasteiger partial charge is 0.310 e. The number of rotatable bonds is 4. The lowest BCUT2D eigenvalue weighted by molar-refractivity contribution is -0.208. The number of furan rings is 1. The summed E-state index contributed by atoms with van der Waals surface area (Å²) in [5.74, 6) is 0.660. The molecule has 1 aliphatic heterocycles. The van der Waals surface area contributed by atoms with Crippen molar-refractivity contribution in [3.63, 3.8) is 0 Å². The molecule has 0 bridgehead atoms. The molecule has 3 fully saturated rings. The first kappa shape index (κ1) is 19.9. The van der Waals surface area contributed by atoms with E-state index in [1.165, 1.54) is 0 Å². The van der Waals surface area contributed by atoms with Crippen molar-refractivity contribution in [2.24, 2.45) is 34.0 Å². The van der Waals surface area contributed by atoms with Gasteiger partial charge in [-0.2, -0.15) is 0 Å². The van der Waals surface area contributed by atoms with Crippen LogP contribution in [0.15, 0.2) is 34.8 Å². The van der Waals surface area contributed by atoms with Crippen molar-refractivity contribution in [2.45, 2.75) is 45.6 Å². The first-order valence-electron chi connectivity index (χ1n) is 10.8. The first-order chi connectivity index (χ1) is 14.3. The molecular weight excluding hydrogens is 384 g/mol. The van der Waals surface area contributed by atoms with Gasteiger partial charge in [0.25, 0.3) is 0 Å². The fourth-order valence-corrected chi connectivity index (χ4v) is 7.19. The van der Waals surface area contributed by atoms with Crippen LogP contribution in [0, 0.1) is 34.0 Å². The average molecular weight is 414 g/mol. The van der Waals surface area contributed by atoms with Gasteiger partial charge >= 0.3 is 5.97 Å². The molecule has 7 atom stereocenters. The van der Waals surface area contributed by atoms with Gasteiger partial charge < -0.3 is 18.6 Å².